The lowest BCUT2D eigenvalue weighted by Gasteiger charge is -2.12. The molecule has 5 aromatic rings. The third-order valence-corrected chi connectivity index (χ3v) is 6.13. The van der Waals surface area contributed by atoms with Crippen LogP contribution in [-0.4, -0.2) is 32.6 Å². The van der Waals surface area contributed by atoms with Crippen LogP contribution in [-0.2, 0) is 6.61 Å². The van der Waals surface area contributed by atoms with Crippen LogP contribution in [0.3, 0.4) is 0 Å². The molecule has 9 heteroatoms. The van der Waals surface area contributed by atoms with Gasteiger partial charge in [0.15, 0.2) is 5.11 Å². The molecule has 1 amide bonds. The van der Waals surface area contributed by atoms with E-state index >= 15 is 0 Å². The first-order valence-corrected chi connectivity index (χ1v) is 12.9. The summed E-state index contributed by atoms with van der Waals surface area (Å²) >= 11 is 5.43. The van der Waals surface area contributed by atoms with Crippen molar-refractivity contribution in [1.29, 1.82) is 0 Å². The minimum absolute atomic E-state index is 0.178. The maximum atomic E-state index is 12.9. The van der Waals surface area contributed by atoms with Gasteiger partial charge in [-0.3, -0.25) is 10.1 Å². The van der Waals surface area contributed by atoms with E-state index in [1.54, 1.807) is 23.0 Å². The third-order valence-electron chi connectivity index (χ3n) is 5.92. The number of carbonyl (C=O) groups is 1. The average Bonchev–Trinajstić information content (AvgIpc) is 3.36. The molecule has 0 unspecified atom stereocenters. The van der Waals surface area contributed by atoms with Crippen molar-refractivity contribution in [1.82, 2.24) is 20.3 Å². The van der Waals surface area contributed by atoms with Gasteiger partial charge in [0.05, 0.1) is 12.3 Å². The molecule has 0 atom stereocenters. The fourth-order valence-corrected chi connectivity index (χ4v) is 4.16. The Morgan fingerprint density at radius 1 is 0.872 bits per heavy atom. The molecule has 1 heterocycles. The lowest BCUT2D eigenvalue weighted by Crippen LogP contribution is -2.34. The fraction of sp³-hybridized carbons (Fsp3) is 0.133. The molecule has 1 aromatic heterocycles. The monoisotopic (exact) mass is 537 g/mol. The Hall–Kier alpha value is -4.76. The van der Waals surface area contributed by atoms with Crippen LogP contribution in [0.25, 0.3) is 16.7 Å². The van der Waals surface area contributed by atoms with Crippen molar-refractivity contribution < 1.29 is 14.3 Å². The number of fused-ring (bicyclic) bond motifs is 1. The number of aryl methyl sites for hydroxylation is 1. The summed E-state index contributed by atoms with van der Waals surface area (Å²) in [6, 6.07) is 28.2. The lowest BCUT2D eigenvalue weighted by molar-refractivity contribution is 0.0977. The third kappa shape index (κ3) is 6.39. The molecule has 0 bridgehead atoms. The molecule has 5 rings (SSSR count). The quantitative estimate of drug-likeness (QED) is 0.241. The van der Waals surface area contributed by atoms with Gasteiger partial charge in [0.2, 0.25) is 0 Å². The van der Waals surface area contributed by atoms with Crippen LogP contribution in [0.4, 0.5) is 5.69 Å². The zero-order valence-corrected chi connectivity index (χ0v) is 22.4. The Morgan fingerprint density at radius 3 is 2.36 bits per heavy atom. The number of nitrogens with one attached hydrogen (secondary N) is 2. The molecule has 0 aliphatic carbocycles. The number of ether oxygens (including phenoxy) is 2. The van der Waals surface area contributed by atoms with Gasteiger partial charge >= 0.3 is 0 Å². The van der Waals surface area contributed by atoms with Crippen molar-refractivity contribution in [3.05, 3.63) is 108 Å². The van der Waals surface area contributed by atoms with Crippen LogP contribution < -0.4 is 20.1 Å². The second-order valence-electron chi connectivity index (χ2n) is 8.78. The molecule has 39 heavy (non-hydrogen) atoms. The van der Waals surface area contributed by atoms with E-state index in [4.69, 9.17) is 21.7 Å². The number of anilines is 1. The molecule has 0 saturated carbocycles. The van der Waals surface area contributed by atoms with Crippen LogP contribution >= 0.6 is 12.2 Å². The number of carbonyl (C=O) groups excluding carboxylic acids is 1. The topological polar surface area (TPSA) is 90.3 Å². The highest BCUT2D eigenvalue weighted by Gasteiger charge is 2.13. The predicted octanol–water partition coefficient (Wildman–Crippen LogP) is 5.83. The van der Waals surface area contributed by atoms with Crippen LogP contribution in [0.2, 0.25) is 0 Å². The zero-order chi connectivity index (χ0) is 27.2. The molecular weight excluding hydrogens is 510 g/mol. The maximum absolute atomic E-state index is 12.9. The highest BCUT2D eigenvalue weighted by atomic mass is 32.1. The molecule has 0 radical (unpaired) electrons. The van der Waals surface area contributed by atoms with Gasteiger partial charge in [-0.2, -0.15) is 4.80 Å². The molecule has 0 saturated heterocycles. The SMILES string of the molecule is CCOc1ccc(-n2nc3cc(C)c(NC(=S)NC(=O)c4cccc(OCc5ccccc5)c4)cc3n2)cc1. The Morgan fingerprint density at radius 2 is 1.62 bits per heavy atom. The van der Waals surface area contributed by atoms with Crippen molar-refractivity contribution in [2.75, 3.05) is 11.9 Å². The summed E-state index contributed by atoms with van der Waals surface area (Å²) in [6.45, 7) is 4.91. The summed E-state index contributed by atoms with van der Waals surface area (Å²) in [5, 5.41) is 15.2. The molecule has 8 nitrogen and oxygen atoms in total. The summed E-state index contributed by atoms with van der Waals surface area (Å²) in [7, 11) is 0. The molecule has 0 aliphatic rings. The van der Waals surface area contributed by atoms with E-state index in [-0.39, 0.29) is 11.0 Å². The Kier molecular flexibility index (Phi) is 7.79. The molecule has 0 fully saturated rings. The first kappa shape index (κ1) is 25.9. The number of benzene rings is 4. The van der Waals surface area contributed by atoms with Crippen LogP contribution in [0.1, 0.15) is 28.4 Å². The predicted molar refractivity (Wildman–Crippen MR) is 156 cm³/mol. The fourth-order valence-electron chi connectivity index (χ4n) is 3.96. The van der Waals surface area contributed by atoms with Crippen molar-refractivity contribution in [3.63, 3.8) is 0 Å². The zero-order valence-electron chi connectivity index (χ0n) is 21.5. The summed E-state index contributed by atoms with van der Waals surface area (Å²) in [5.74, 6) is 1.06. The number of aromatic nitrogens is 3. The van der Waals surface area contributed by atoms with E-state index < -0.39 is 0 Å². The second kappa shape index (κ2) is 11.7. The molecule has 2 N–H and O–H groups in total. The Labute approximate surface area is 231 Å². The van der Waals surface area contributed by atoms with Gasteiger partial charge in [-0.1, -0.05) is 36.4 Å². The maximum Gasteiger partial charge on any atom is 0.257 e. The molecule has 196 valence electrons. The highest BCUT2D eigenvalue weighted by Crippen LogP contribution is 2.23. The normalized spacial score (nSPS) is 10.7. The van der Waals surface area contributed by atoms with E-state index in [0.29, 0.717) is 30.0 Å². The van der Waals surface area contributed by atoms with Gasteiger partial charge in [0.25, 0.3) is 5.91 Å². The standard InChI is InChI=1S/C30H27N5O3S/c1-3-37-24-14-12-23(13-15-24)35-33-27-16-20(2)26(18-28(27)34-35)31-30(39)32-29(36)22-10-7-11-25(17-22)38-19-21-8-5-4-6-9-21/h4-18H,3,19H2,1-2H3,(H2,31,32,36,39). The van der Waals surface area contributed by atoms with E-state index in [1.165, 1.54) is 0 Å². The van der Waals surface area contributed by atoms with Crippen molar-refractivity contribution in [2.24, 2.45) is 0 Å². The van der Waals surface area contributed by atoms with Crippen molar-refractivity contribution in [2.45, 2.75) is 20.5 Å². The van der Waals surface area contributed by atoms with Crippen LogP contribution in [0.15, 0.2) is 91.0 Å². The van der Waals surface area contributed by atoms with Crippen LogP contribution in [0, 0.1) is 6.92 Å². The molecule has 4 aromatic carbocycles. The van der Waals surface area contributed by atoms with Crippen molar-refractivity contribution >= 4 is 40.0 Å². The minimum atomic E-state index is -0.335. The average molecular weight is 538 g/mol. The smallest absolute Gasteiger partial charge is 0.257 e. The van der Waals surface area contributed by atoms with Gasteiger partial charge in [-0.05, 0) is 91.8 Å². The number of amides is 1. The first-order chi connectivity index (χ1) is 19.0. The molecule has 0 aliphatic heterocycles. The van der Waals surface area contributed by atoms with Gasteiger partial charge < -0.3 is 14.8 Å². The number of thiocarbonyl (C=S) groups is 1. The Balaban J connectivity index is 1.24. The summed E-state index contributed by atoms with van der Waals surface area (Å²) in [6.07, 6.45) is 0. The Bertz CT molecular complexity index is 1620. The van der Waals surface area contributed by atoms with E-state index in [9.17, 15) is 4.79 Å². The minimum Gasteiger partial charge on any atom is -0.494 e. The van der Waals surface area contributed by atoms with E-state index in [1.807, 2.05) is 86.6 Å². The number of hydrogen-bond acceptors (Lipinski definition) is 6. The highest BCUT2D eigenvalue weighted by molar-refractivity contribution is 7.80. The first-order valence-electron chi connectivity index (χ1n) is 12.5. The lowest BCUT2D eigenvalue weighted by atomic mass is 10.2. The summed E-state index contributed by atoms with van der Waals surface area (Å²) in [4.78, 5) is 14.4. The molecular formula is C30H27N5O3S. The second-order valence-corrected chi connectivity index (χ2v) is 9.19. The number of rotatable bonds is 8. The summed E-state index contributed by atoms with van der Waals surface area (Å²) < 4.78 is 11.3. The number of nitrogens with zero attached hydrogens (tertiary/aromatic N) is 3. The van der Waals surface area contributed by atoms with Gasteiger partial charge in [-0.15, -0.1) is 10.2 Å². The summed E-state index contributed by atoms with van der Waals surface area (Å²) in [5.41, 5.74) is 5.38. The van der Waals surface area contributed by atoms with Gasteiger partial charge in [0, 0.05) is 11.3 Å². The molecule has 0 spiro atoms. The van der Waals surface area contributed by atoms with Crippen LogP contribution in [0.5, 0.6) is 11.5 Å². The number of hydrogen-bond donors (Lipinski definition) is 2. The van der Waals surface area contributed by atoms with Gasteiger partial charge in [-0.25, -0.2) is 0 Å². The van der Waals surface area contributed by atoms with E-state index in [2.05, 4.69) is 20.8 Å². The van der Waals surface area contributed by atoms with E-state index in [0.717, 1.165) is 33.8 Å². The largest absolute Gasteiger partial charge is 0.494 e. The van der Waals surface area contributed by atoms with Crippen molar-refractivity contribution in [3.8, 4) is 17.2 Å². The van der Waals surface area contributed by atoms with Gasteiger partial charge in [0.1, 0.15) is 29.1 Å².